The molecule has 1 heterocycles. The molecule has 0 amide bonds. The molecule has 0 aliphatic carbocycles. The van der Waals surface area contributed by atoms with E-state index in [1.807, 2.05) is 33.8 Å². The van der Waals surface area contributed by atoms with E-state index in [-0.39, 0.29) is 23.4 Å². The van der Waals surface area contributed by atoms with Crippen LogP contribution in [0.2, 0.25) is 0 Å². The molecule has 0 radical (unpaired) electrons. The van der Waals surface area contributed by atoms with Crippen LogP contribution in [0.15, 0.2) is 25.3 Å². The monoisotopic (exact) mass is 236 g/mol. The molecule has 2 heteroatoms. The lowest BCUT2D eigenvalue weighted by Crippen LogP contribution is -2.36. The van der Waals surface area contributed by atoms with Crippen molar-refractivity contribution in [1.29, 1.82) is 0 Å². The smallest absolute Gasteiger partial charge is 0.147 e. The minimum absolute atomic E-state index is 0.00437. The number of ether oxygens (including phenoxy) is 1. The van der Waals surface area contributed by atoms with E-state index >= 15 is 0 Å². The minimum atomic E-state index is -0.476. The van der Waals surface area contributed by atoms with Gasteiger partial charge in [0.25, 0.3) is 0 Å². The summed E-state index contributed by atoms with van der Waals surface area (Å²) in [6.45, 7) is 15.3. The Bertz CT molecular complexity index is 330. The highest BCUT2D eigenvalue weighted by atomic mass is 16.5. The number of hydrogen-bond donors (Lipinski definition) is 0. The first kappa shape index (κ1) is 14.2. The first-order valence-corrected chi connectivity index (χ1v) is 6.25. The molecule has 2 nitrogen and oxygen atoms in total. The quantitative estimate of drug-likeness (QED) is 0.683. The van der Waals surface area contributed by atoms with Crippen molar-refractivity contribution in [3.8, 4) is 0 Å². The Morgan fingerprint density at radius 1 is 1.53 bits per heavy atom. The van der Waals surface area contributed by atoms with Crippen molar-refractivity contribution in [2.75, 3.05) is 0 Å². The maximum Gasteiger partial charge on any atom is 0.147 e. The largest absolute Gasteiger partial charge is 0.367 e. The van der Waals surface area contributed by atoms with E-state index in [0.29, 0.717) is 0 Å². The van der Waals surface area contributed by atoms with E-state index in [1.54, 1.807) is 6.08 Å². The molecular formula is C15H24O2. The second kappa shape index (κ2) is 4.77. The molecule has 1 rings (SSSR count). The number of Topliss-reactive ketones (excluding diaryl/α,β-unsaturated/α-hetero) is 1. The number of hydrogen-bond acceptors (Lipinski definition) is 2. The number of carbonyl (C=O) groups is 1. The van der Waals surface area contributed by atoms with Gasteiger partial charge in [0.15, 0.2) is 0 Å². The highest BCUT2D eigenvalue weighted by Gasteiger charge is 2.41. The van der Waals surface area contributed by atoms with Gasteiger partial charge in [0.2, 0.25) is 0 Å². The van der Waals surface area contributed by atoms with Gasteiger partial charge < -0.3 is 4.74 Å². The zero-order chi connectivity index (χ0) is 13.3. The second-order valence-corrected chi connectivity index (χ2v) is 5.79. The molecule has 1 fully saturated rings. The summed E-state index contributed by atoms with van der Waals surface area (Å²) in [6.07, 6.45) is 5.41. The molecule has 0 aromatic heterocycles. The molecular weight excluding hydrogens is 212 g/mol. The van der Waals surface area contributed by atoms with Crippen molar-refractivity contribution < 1.29 is 9.53 Å². The van der Waals surface area contributed by atoms with Crippen LogP contribution in [-0.2, 0) is 9.53 Å². The molecule has 0 saturated carbocycles. The van der Waals surface area contributed by atoms with Crippen LogP contribution in [0, 0.1) is 11.3 Å². The van der Waals surface area contributed by atoms with Crippen LogP contribution in [0.5, 0.6) is 0 Å². The van der Waals surface area contributed by atoms with Gasteiger partial charge in [-0.3, -0.25) is 4.79 Å². The standard InChI is InChI=1S/C15H24O2/c1-7-14(4,5)13(16)11(3)12-9-10-15(6,8-2)17-12/h7-8,11-12H,1-2,9-10H2,3-6H3/t11-,12-,15-/m1/s1. The summed E-state index contributed by atoms with van der Waals surface area (Å²) >= 11 is 0. The Morgan fingerprint density at radius 3 is 2.53 bits per heavy atom. The number of allylic oxidation sites excluding steroid dienone is 1. The van der Waals surface area contributed by atoms with Crippen LogP contribution >= 0.6 is 0 Å². The third-order valence-corrected chi connectivity index (χ3v) is 3.89. The van der Waals surface area contributed by atoms with Crippen molar-refractivity contribution in [1.82, 2.24) is 0 Å². The minimum Gasteiger partial charge on any atom is -0.367 e. The third kappa shape index (κ3) is 2.86. The Labute approximate surface area is 105 Å². The number of ketones is 1. The van der Waals surface area contributed by atoms with Gasteiger partial charge in [-0.25, -0.2) is 0 Å². The van der Waals surface area contributed by atoms with Crippen molar-refractivity contribution >= 4 is 5.78 Å². The Balaban J connectivity index is 2.73. The number of carbonyl (C=O) groups excluding carboxylic acids is 1. The predicted octanol–water partition coefficient (Wildman–Crippen LogP) is 3.53. The molecule has 3 atom stereocenters. The predicted molar refractivity (Wildman–Crippen MR) is 70.9 cm³/mol. The van der Waals surface area contributed by atoms with Gasteiger partial charge in [-0.1, -0.05) is 19.1 Å². The van der Waals surface area contributed by atoms with Crippen molar-refractivity contribution in [2.24, 2.45) is 11.3 Å². The van der Waals surface area contributed by atoms with E-state index in [1.165, 1.54) is 0 Å². The molecule has 0 spiro atoms. The van der Waals surface area contributed by atoms with Gasteiger partial charge in [0, 0.05) is 11.3 Å². The molecule has 0 N–H and O–H groups in total. The maximum absolute atomic E-state index is 12.3. The Hall–Kier alpha value is -0.890. The van der Waals surface area contributed by atoms with Gasteiger partial charge in [-0.05, 0) is 33.6 Å². The van der Waals surface area contributed by atoms with Crippen molar-refractivity contribution in [3.63, 3.8) is 0 Å². The molecule has 96 valence electrons. The summed E-state index contributed by atoms with van der Waals surface area (Å²) in [5.74, 6) is 0.107. The van der Waals surface area contributed by atoms with E-state index in [4.69, 9.17) is 4.74 Å². The van der Waals surface area contributed by atoms with Gasteiger partial charge >= 0.3 is 0 Å². The summed E-state index contributed by atoms with van der Waals surface area (Å²) in [5, 5.41) is 0. The first-order chi connectivity index (χ1) is 7.75. The summed E-state index contributed by atoms with van der Waals surface area (Å²) in [6, 6.07) is 0. The SMILES string of the molecule is C=CC(C)(C)C(=O)[C@H](C)[C@H]1CC[C@@](C)(C=C)O1. The highest BCUT2D eigenvalue weighted by molar-refractivity contribution is 5.88. The van der Waals surface area contributed by atoms with Gasteiger partial charge in [-0.2, -0.15) is 0 Å². The number of rotatable bonds is 5. The zero-order valence-electron chi connectivity index (χ0n) is 11.5. The first-order valence-electron chi connectivity index (χ1n) is 6.25. The third-order valence-electron chi connectivity index (χ3n) is 3.89. The van der Waals surface area contributed by atoms with Crippen LogP contribution in [0.25, 0.3) is 0 Å². The molecule has 0 aromatic rings. The summed E-state index contributed by atoms with van der Waals surface area (Å²) in [4.78, 5) is 12.3. The van der Waals surface area contributed by atoms with Crippen molar-refractivity contribution in [2.45, 2.75) is 52.2 Å². The molecule has 1 aliphatic rings. The fourth-order valence-corrected chi connectivity index (χ4v) is 2.25. The fraction of sp³-hybridized carbons (Fsp3) is 0.667. The summed E-state index contributed by atoms with van der Waals surface area (Å²) in [5.41, 5.74) is -0.743. The average molecular weight is 236 g/mol. The zero-order valence-corrected chi connectivity index (χ0v) is 11.5. The van der Waals surface area contributed by atoms with Gasteiger partial charge in [0.1, 0.15) is 5.78 Å². The van der Waals surface area contributed by atoms with Crippen molar-refractivity contribution in [3.05, 3.63) is 25.3 Å². The maximum atomic E-state index is 12.3. The van der Waals surface area contributed by atoms with Crippen LogP contribution in [0.3, 0.4) is 0 Å². The lowest BCUT2D eigenvalue weighted by atomic mass is 9.79. The molecule has 17 heavy (non-hydrogen) atoms. The van der Waals surface area contributed by atoms with Crippen LogP contribution in [0.4, 0.5) is 0 Å². The Morgan fingerprint density at radius 2 is 2.12 bits per heavy atom. The molecule has 0 unspecified atom stereocenters. The van der Waals surface area contributed by atoms with E-state index in [9.17, 15) is 4.79 Å². The molecule has 0 bridgehead atoms. The van der Waals surface area contributed by atoms with Crippen LogP contribution in [0.1, 0.15) is 40.5 Å². The molecule has 1 aliphatic heterocycles. The lowest BCUT2D eigenvalue weighted by Gasteiger charge is -2.28. The highest BCUT2D eigenvalue weighted by Crippen LogP contribution is 2.36. The van der Waals surface area contributed by atoms with Crippen LogP contribution < -0.4 is 0 Å². The van der Waals surface area contributed by atoms with Gasteiger partial charge in [-0.15, -0.1) is 13.2 Å². The Kier molecular flexibility index (Phi) is 3.98. The summed E-state index contributed by atoms with van der Waals surface area (Å²) in [7, 11) is 0. The fourth-order valence-electron chi connectivity index (χ4n) is 2.25. The topological polar surface area (TPSA) is 26.3 Å². The average Bonchev–Trinajstić information content (AvgIpc) is 2.70. The lowest BCUT2D eigenvalue weighted by molar-refractivity contribution is -0.134. The molecule has 0 aromatic carbocycles. The van der Waals surface area contributed by atoms with E-state index in [2.05, 4.69) is 13.2 Å². The second-order valence-electron chi connectivity index (χ2n) is 5.79. The van der Waals surface area contributed by atoms with E-state index in [0.717, 1.165) is 12.8 Å². The normalized spacial score (nSPS) is 30.9. The molecule has 1 saturated heterocycles. The van der Waals surface area contributed by atoms with Gasteiger partial charge in [0.05, 0.1) is 11.7 Å². The van der Waals surface area contributed by atoms with E-state index < -0.39 is 5.41 Å². The summed E-state index contributed by atoms with van der Waals surface area (Å²) < 4.78 is 5.95. The van der Waals surface area contributed by atoms with Crippen LogP contribution in [-0.4, -0.2) is 17.5 Å².